The van der Waals surface area contributed by atoms with Crippen LogP contribution in [0.1, 0.15) is 45.6 Å². The number of anilines is 1. The summed E-state index contributed by atoms with van der Waals surface area (Å²) in [5, 5.41) is 19.9. The molecule has 1 aromatic carbocycles. The van der Waals surface area contributed by atoms with Crippen LogP contribution in [-0.2, 0) is 0 Å². The van der Waals surface area contributed by atoms with Crippen LogP contribution >= 0.6 is 0 Å². The summed E-state index contributed by atoms with van der Waals surface area (Å²) in [6.45, 7) is 7.21. The molecule has 0 N–H and O–H groups in total. The second-order valence-electron chi connectivity index (χ2n) is 5.06. The average molecular weight is 275 g/mol. The third kappa shape index (κ3) is 3.95. The Balaban J connectivity index is 3.03. The van der Waals surface area contributed by atoms with Crippen LogP contribution in [0.25, 0.3) is 0 Å². The van der Waals surface area contributed by atoms with E-state index in [1.807, 2.05) is 6.07 Å². The minimum absolute atomic E-state index is 0.119. The molecule has 5 heteroatoms. The quantitative estimate of drug-likeness (QED) is 0.430. The van der Waals surface area contributed by atoms with Gasteiger partial charge in [0.15, 0.2) is 0 Å². The maximum Gasteiger partial charge on any atom is 0.287 e. The second kappa shape index (κ2) is 7.49. The highest BCUT2D eigenvalue weighted by Gasteiger charge is 2.17. The molecule has 0 spiro atoms. The lowest BCUT2D eigenvalue weighted by Gasteiger charge is -2.29. The van der Waals surface area contributed by atoms with Crippen molar-refractivity contribution >= 4 is 11.4 Å². The normalized spacial score (nSPS) is 10.3. The monoisotopic (exact) mass is 275 g/mol. The summed E-state index contributed by atoms with van der Waals surface area (Å²) >= 11 is 0. The fraction of sp³-hybridized carbons (Fsp3) is 0.533. The summed E-state index contributed by atoms with van der Waals surface area (Å²) in [5.74, 6) is 0. The van der Waals surface area contributed by atoms with Crippen LogP contribution < -0.4 is 4.90 Å². The number of unbranched alkanes of at least 4 members (excludes halogenated alkanes) is 2. The molecule has 0 radical (unpaired) electrons. The van der Waals surface area contributed by atoms with Crippen molar-refractivity contribution in [2.24, 2.45) is 0 Å². The molecular weight excluding hydrogens is 254 g/mol. The van der Waals surface area contributed by atoms with Gasteiger partial charge in [-0.15, -0.1) is 0 Å². The molecule has 0 aliphatic rings. The summed E-state index contributed by atoms with van der Waals surface area (Å²) in [7, 11) is 0. The molecule has 0 aliphatic heterocycles. The highest BCUT2D eigenvalue weighted by atomic mass is 16.6. The molecule has 0 fully saturated rings. The highest BCUT2D eigenvalue weighted by molar-refractivity contribution is 5.60. The number of nitro groups is 1. The minimum Gasteiger partial charge on any atom is -0.369 e. The maximum atomic E-state index is 10.8. The summed E-state index contributed by atoms with van der Waals surface area (Å²) in [6, 6.07) is 6.96. The number of nitriles is 1. The van der Waals surface area contributed by atoms with Crippen LogP contribution in [0.4, 0.5) is 11.4 Å². The van der Waals surface area contributed by atoms with Gasteiger partial charge in [-0.05, 0) is 32.4 Å². The fourth-order valence-corrected chi connectivity index (χ4v) is 2.17. The van der Waals surface area contributed by atoms with E-state index in [1.165, 1.54) is 6.07 Å². The van der Waals surface area contributed by atoms with Crippen molar-refractivity contribution in [3.63, 3.8) is 0 Å². The van der Waals surface area contributed by atoms with Gasteiger partial charge in [0.1, 0.15) is 11.6 Å². The number of nitrogens with zero attached hydrogens (tertiary/aromatic N) is 3. The average Bonchev–Trinajstić information content (AvgIpc) is 2.42. The Morgan fingerprint density at radius 3 is 2.60 bits per heavy atom. The van der Waals surface area contributed by atoms with Gasteiger partial charge in [-0.2, -0.15) is 5.26 Å². The third-order valence-electron chi connectivity index (χ3n) is 3.25. The van der Waals surface area contributed by atoms with Crippen LogP contribution in [0.5, 0.6) is 0 Å². The first-order valence-electron chi connectivity index (χ1n) is 6.96. The van der Waals surface area contributed by atoms with E-state index in [1.54, 1.807) is 12.1 Å². The number of hydrogen-bond donors (Lipinski definition) is 0. The van der Waals surface area contributed by atoms with Crippen LogP contribution in [0.15, 0.2) is 18.2 Å². The zero-order valence-electron chi connectivity index (χ0n) is 12.3. The Morgan fingerprint density at radius 1 is 1.40 bits per heavy atom. The molecule has 0 heterocycles. The molecule has 0 saturated carbocycles. The molecule has 0 aromatic heterocycles. The first-order chi connectivity index (χ1) is 9.51. The Morgan fingerprint density at radius 2 is 2.10 bits per heavy atom. The third-order valence-corrected chi connectivity index (χ3v) is 3.25. The van der Waals surface area contributed by atoms with E-state index in [2.05, 4.69) is 25.7 Å². The van der Waals surface area contributed by atoms with Gasteiger partial charge >= 0.3 is 0 Å². The second-order valence-corrected chi connectivity index (χ2v) is 5.06. The van der Waals surface area contributed by atoms with Crippen molar-refractivity contribution < 1.29 is 4.92 Å². The molecule has 1 aromatic rings. The van der Waals surface area contributed by atoms with Gasteiger partial charge in [0.2, 0.25) is 0 Å². The van der Waals surface area contributed by atoms with Gasteiger partial charge in [0.05, 0.1) is 4.92 Å². The van der Waals surface area contributed by atoms with Crippen molar-refractivity contribution in [1.29, 1.82) is 5.26 Å². The maximum absolute atomic E-state index is 10.8. The van der Waals surface area contributed by atoms with Gasteiger partial charge in [-0.25, -0.2) is 0 Å². The number of benzene rings is 1. The van der Waals surface area contributed by atoms with Gasteiger partial charge < -0.3 is 4.90 Å². The molecule has 20 heavy (non-hydrogen) atoms. The summed E-state index contributed by atoms with van der Waals surface area (Å²) in [4.78, 5) is 12.5. The molecule has 0 saturated heterocycles. The van der Waals surface area contributed by atoms with E-state index in [9.17, 15) is 10.1 Å². The molecule has 5 nitrogen and oxygen atoms in total. The lowest BCUT2D eigenvalue weighted by Crippen LogP contribution is -2.31. The summed E-state index contributed by atoms with van der Waals surface area (Å²) < 4.78 is 0. The molecule has 0 bridgehead atoms. The Hall–Kier alpha value is -2.09. The standard InChI is InChI=1S/C15H21N3O2/c1-4-5-6-9-17(12(2)3)14-7-8-15(18(19)20)13(10-14)11-16/h7-8,10,12H,4-6,9H2,1-3H3. The van der Waals surface area contributed by atoms with E-state index < -0.39 is 4.92 Å². The minimum atomic E-state index is -0.515. The smallest absolute Gasteiger partial charge is 0.287 e. The van der Waals surface area contributed by atoms with Crippen molar-refractivity contribution in [3.05, 3.63) is 33.9 Å². The Kier molecular flexibility index (Phi) is 5.98. The number of hydrogen-bond acceptors (Lipinski definition) is 4. The van der Waals surface area contributed by atoms with Crippen LogP contribution in [-0.4, -0.2) is 17.5 Å². The summed E-state index contributed by atoms with van der Waals surface area (Å²) in [5.41, 5.74) is 0.861. The van der Waals surface area contributed by atoms with Crippen molar-refractivity contribution in [2.75, 3.05) is 11.4 Å². The van der Waals surface area contributed by atoms with Gasteiger partial charge in [0, 0.05) is 24.3 Å². The Bertz CT molecular complexity index is 506. The molecule has 1 rings (SSSR count). The van der Waals surface area contributed by atoms with E-state index in [-0.39, 0.29) is 11.3 Å². The van der Waals surface area contributed by atoms with Crippen molar-refractivity contribution in [2.45, 2.75) is 46.1 Å². The molecule has 0 aliphatic carbocycles. The zero-order valence-corrected chi connectivity index (χ0v) is 12.3. The van der Waals surface area contributed by atoms with E-state index in [0.717, 1.165) is 31.5 Å². The van der Waals surface area contributed by atoms with Gasteiger partial charge in [-0.1, -0.05) is 19.8 Å². The van der Waals surface area contributed by atoms with Gasteiger partial charge in [-0.3, -0.25) is 10.1 Å². The highest BCUT2D eigenvalue weighted by Crippen LogP contribution is 2.26. The topological polar surface area (TPSA) is 70.2 Å². The van der Waals surface area contributed by atoms with E-state index in [0.29, 0.717) is 6.04 Å². The Labute approximate surface area is 120 Å². The number of nitro benzene ring substituents is 1. The number of rotatable bonds is 7. The fourth-order valence-electron chi connectivity index (χ4n) is 2.17. The SMILES string of the molecule is CCCCCN(c1ccc([N+](=O)[O-])c(C#N)c1)C(C)C. The molecule has 108 valence electrons. The lowest BCUT2D eigenvalue weighted by atomic mass is 10.1. The first kappa shape index (κ1) is 16.0. The summed E-state index contributed by atoms with van der Waals surface area (Å²) in [6.07, 6.45) is 3.38. The van der Waals surface area contributed by atoms with E-state index >= 15 is 0 Å². The molecule has 0 unspecified atom stereocenters. The lowest BCUT2D eigenvalue weighted by molar-refractivity contribution is -0.385. The zero-order chi connectivity index (χ0) is 15.1. The molecular formula is C15H21N3O2. The van der Waals surface area contributed by atoms with Crippen molar-refractivity contribution in [1.82, 2.24) is 0 Å². The largest absolute Gasteiger partial charge is 0.369 e. The predicted molar refractivity (Wildman–Crippen MR) is 79.8 cm³/mol. The predicted octanol–water partition coefficient (Wildman–Crippen LogP) is 3.87. The van der Waals surface area contributed by atoms with Crippen LogP contribution in [0.2, 0.25) is 0 Å². The molecule has 0 atom stereocenters. The molecule has 0 amide bonds. The first-order valence-corrected chi connectivity index (χ1v) is 6.96. The van der Waals surface area contributed by atoms with Crippen LogP contribution in [0.3, 0.4) is 0 Å². The van der Waals surface area contributed by atoms with E-state index in [4.69, 9.17) is 5.26 Å². The van der Waals surface area contributed by atoms with Gasteiger partial charge in [0.25, 0.3) is 5.69 Å². The van der Waals surface area contributed by atoms with Crippen LogP contribution in [0, 0.1) is 21.4 Å². The van der Waals surface area contributed by atoms with Crippen molar-refractivity contribution in [3.8, 4) is 6.07 Å².